The Hall–Kier alpha value is -4.12. The maximum atomic E-state index is 14.4. The van der Waals surface area contributed by atoms with Crippen molar-refractivity contribution in [3.8, 4) is 0 Å². The van der Waals surface area contributed by atoms with Crippen molar-refractivity contribution in [2.75, 3.05) is 17.2 Å². The molecule has 0 spiro atoms. The van der Waals surface area contributed by atoms with Gasteiger partial charge >= 0.3 is 6.18 Å². The number of aryl methyl sites for hydroxylation is 1. The highest BCUT2D eigenvalue weighted by atomic mass is 32.2. The molecule has 0 aliphatic carbocycles. The standard InChI is InChI=1S/C44H52F3N3O4S/c1-30-13-8-9-19-37(30)49-25-11-10-18-35(42(49)53)29-38(51)33(27-31-14-4-2-5-15-31)22-23-34(28-32-16-6-3-7-17-32)41(52)48-36-24-26-55-40-21-12-20-39(44(45,46)47)50(40)43(36)54/h2-9,13-17,19,33-36,39-40H,10-12,18,20-29H2,1H3,(H,48,52)/t33?,34-,35-,36?,39+,40+/m1/s1. The molecule has 3 fully saturated rings. The minimum atomic E-state index is -4.55. The van der Waals surface area contributed by atoms with Crippen molar-refractivity contribution >= 4 is 41.0 Å². The summed E-state index contributed by atoms with van der Waals surface area (Å²) in [6.45, 7) is 2.59. The largest absolute Gasteiger partial charge is 0.408 e. The molecule has 3 heterocycles. The molecule has 0 saturated carbocycles. The molecule has 1 N–H and O–H groups in total. The number of hydrogen-bond acceptors (Lipinski definition) is 5. The van der Waals surface area contributed by atoms with E-state index in [-0.39, 0.29) is 31.0 Å². The average molecular weight is 776 g/mol. The fourth-order valence-electron chi connectivity index (χ4n) is 8.52. The zero-order valence-corrected chi connectivity index (χ0v) is 32.3. The topological polar surface area (TPSA) is 86.8 Å². The monoisotopic (exact) mass is 775 g/mol. The number of nitrogens with zero attached hydrogens (tertiary/aromatic N) is 2. The average Bonchev–Trinajstić information content (AvgIpc) is 3.45. The van der Waals surface area contributed by atoms with Gasteiger partial charge in [0.2, 0.25) is 17.7 Å². The molecule has 0 radical (unpaired) electrons. The highest BCUT2D eigenvalue weighted by molar-refractivity contribution is 7.99. The number of thioether (sulfide) groups is 1. The number of benzene rings is 3. The van der Waals surface area contributed by atoms with Crippen LogP contribution in [0.1, 0.15) is 80.9 Å². The summed E-state index contributed by atoms with van der Waals surface area (Å²) in [5.41, 5.74) is 3.77. The summed E-state index contributed by atoms with van der Waals surface area (Å²) in [5, 5.41) is 2.33. The second-order valence-electron chi connectivity index (χ2n) is 15.4. The molecule has 0 aromatic heterocycles. The van der Waals surface area contributed by atoms with E-state index in [4.69, 9.17) is 0 Å². The summed E-state index contributed by atoms with van der Waals surface area (Å²) in [7, 11) is 0. The molecule has 6 atom stereocenters. The van der Waals surface area contributed by atoms with Crippen LogP contribution in [0.5, 0.6) is 0 Å². The Balaban J connectivity index is 1.20. The molecule has 3 aliphatic rings. The van der Waals surface area contributed by atoms with Gasteiger partial charge in [0.25, 0.3) is 0 Å². The van der Waals surface area contributed by atoms with Gasteiger partial charge in [0.1, 0.15) is 17.9 Å². The number of Topliss-reactive ketones (excluding diaryl/α,β-unsaturated/α-hetero) is 1. The first kappa shape index (κ1) is 40.5. The van der Waals surface area contributed by atoms with Gasteiger partial charge in [-0.3, -0.25) is 19.2 Å². The van der Waals surface area contributed by atoms with E-state index in [0.717, 1.165) is 40.1 Å². The number of rotatable bonds is 13. The quantitative estimate of drug-likeness (QED) is 0.188. The molecular weight excluding hydrogens is 724 g/mol. The van der Waals surface area contributed by atoms with Crippen LogP contribution in [0.4, 0.5) is 18.9 Å². The molecular formula is C44H52F3N3O4S. The van der Waals surface area contributed by atoms with E-state index >= 15 is 0 Å². The lowest BCUT2D eigenvalue weighted by Crippen LogP contribution is -2.59. The summed E-state index contributed by atoms with van der Waals surface area (Å²) >= 11 is 1.36. The number of halogens is 3. The van der Waals surface area contributed by atoms with E-state index in [9.17, 15) is 32.3 Å². The highest BCUT2D eigenvalue weighted by Crippen LogP contribution is 2.40. The van der Waals surface area contributed by atoms with Crippen LogP contribution in [0.15, 0.2) is 84.9 Å². The van der Waals surface area contributed by atoms with Gasteiger partial charge in [0.15, 0.2) is 0 Å². The lowest BCUT2D eigenvalue weighted by molar-refractivity contribution is -0.198. The van der Waals surface area contributed by atoms with Gasteiger partial charge in [-0.25, -0.2) is 0 Å². The van der Waals surface area contributed by atoms with Crippen molar-refractivity contribution < 1.29 is 32.3 Å². The van der Waals surface area contributed by atoms with Gasteiger partial charge in [0.05, 0.1) is 5.37 Å². The molecule has 3 aliphatic heterocycles. The predicted octanol–water partition coefficient (Wildman–Crippen LogP) is 8.48. The second kappa shape index (κ2) is 18.7. The van der Waals surface area contributed by atoms with Crippen LogP contribution >= 0.6 is 11.8 Å². The zero-order chi connectivity index (χ0) is 39.0. The number of alkyl halides is 3. The number of amides is 3. The number of hydrogen-bond donors (Lipinski definition) is 1. The number of nitrogens with one attached hydrogen (secondary N) is 1. The van der Waals surface area contributed by atoms with Crippen molar-refractivity contribution in [1.29, 1.82) is 0 Å². The molecule has 3 amide bonds. The van der Waals surface area contributed by atoms with Gasteiger partial charge < -0.3 is 15.1 Å². The Morgan fingerprint density at radius 3 is 2.09 bits per heavy atom. The fourth-order valence-corrected chi connectivity index (χ4v) is 9.90. The smallest absolute Gasteiger partial charge is 0.344 e. The van der Waals surface area contributed by atoms with Crippen LogP contribution in [-0.4, -0.2) is 64.3 Å². The summed E-state index contributed by atoms with van der Waals surface area (Å²) in [4.78, 5) is 59.2. The van der Waals surface area contributed by atoms with Gasteiger partial charge in [-0.15, -0.1) is 11.8 Å². The van der Waals surface area contributed by atoms with Gasteiger partial charge in [0, 0.05) is 36.4 Å². The third-order valence-electron chi connectivity index (χ3n) is 11.5. The Labute approximate surface area is 326 Å². The van der Waals surface area contributed by atoms with Crippen LogP contribution in [0.2, 0.25) is 0 Å². The van der Waals surface area contributed by atoms with E-state index in [1.54, 1.807) is 0 Å². The number of carbonyl (C=O) groups is 4. The van der Waals surface area contributed by atoms with Crippen molar-refractivity contribution in [3.05, 3.63) is 102 Å². The molecule has 3 saturated heterocycles. The van der Waals surface area contributed by atoms with Gasteiger partial charge in [-0.1, -0.05) is 85.3 Å². The Bertz CT molecular complexity index is 1770. The third-order valence-corrected chi connectivity index (χ3v) is 12.9. The number of piperidine rings is 1. The SMILES string of the molecule is Cc1ccccc1N1CCCC[C@H](CC(=O)C(CC[C@H](Cc2ccccc2)C(=O)NC2CCS[C@H]3CCC[C@@H](C(F)(F)F)N3C2=O)Cc2ccccc2)C1=O. The predicted molar refractivity (Wildman–Crippen MR) is 210 cm³/mol. The highest BCUT2D eigenvalue weighted by Gasteiger charge is 2.51. The van der Waals surface area contributed by atoms with Crippen molar-refractivity contribution in [1.82, 2.24) is 10.2 Å². The Kier molecular flexibility index (Phi) is 13.8. The first-order chi connectivity index (χ1) is 26.5. The van der Waals surface area contributed by atoms with Crippen molar-refractivity contribution in [2.45, 2.75) is 108 Å². The first-order valence-electron chi connectivity index (χ1n) is 19.8. The molecule has 0 bridgehead atoms. The Morgan fingerprint density at radius 1 is 0.782 bits per heavy atom. The maximum absolute atomic E-state index is 14.4. The second-order valence-corrected chi connectivity index (χ2v) is 16.7. The minimum absolute atomic E-state index is 0.0157. The Morgan fingerprint density at radius 2 is 1.42 bits per heavy atom. The third kappa shape index (κ3) is 10.4. The van der Waals surface area contributed by atoms with Crippen LogP contribution in [0.25, 0.3) is 0 Å². The fraction of sp³-hybridized carbons (Fsp3) is 0.500. The number of anilines is 1. The van der Waals surface area contributed by atoms with E-state index in [2.05, 4.69) is 5.32 Å². The number of fused-ring (bicyclic) bond motifs is 1. The van der Waals surface area contributed by atoms with Gasteiger partial charge in [-0.05, 0) is 99.6 Å². The normalized spacial score (nSPS) is 23.3. The number of para-hydroxylation sites is 1. The molecule has 55 heavy (non-hydrogen) atoms. The van der Waals surface area contributed by atoms with E-state index in [1.165, 1.54) is 11.8 Å². The maximum Gasteiger partial charge on any atom is 0.408 e. The molecule has 2 unspecified atom stereocenters. The van der Waals surface area contributed by atoms with Crippen molar-refractivity contribution in [2.24, 2.45) is 17.8 Å². The number of carbonyl (C=O) groups excluding carboxylic acids is 4. The summed E-state index contributed by atoms with van der Waals surface area (Å²) in [5.74, 6) is -2.21. The molecule has 3 aromatic carbocycles. The van der Waals surface area contributed by atoms with Crippen molar-refractivity contribution in [3.63, 3.8) is 0 Å². The van der Waals surface area contributed by atoms with Crippen LogP contribution in [0.3, 0.4) is 0 Å². The summed E-state index contributed by atoms with van der Waals surface area (Å²) < 4.78 is 42.4. The first-order valence-corrected chi connectivity index (χ1v) is 20.8. The molecule has 3 aromatic rings. The van der Waals surface area contributed by atoms with Crippen LogP contribution in [0, 0.1) is 24.7 Å². The summed E-state index contributed by atoms with van der Waals surface area (Å²) in [6, 6.07) is 24.1. The molecule has 7 nitrogen and oxygen atoms in total. The van der Waals surface area contributed by atoms with E-state index in [0.29, 0.717) is 57.2 Å². The van der Waals surface area contributed by atoms with Crippen LogP contribution in [-0.2, 0) is 32.0 Å². The van der Waals surface area contributed by atoms with E-state index in [1.807, 2.05) is 96.8 Å². The zero-order valence-electron chi connectivity index (χ0n) is 31.5. The van der Waals surface area contributed by atoms with E-state index < -0.39 is 53.2 Å². The van der Waals surface area contributed by atoms with Crippen LogP contribution < -0.4 is 10.2 Å². The molecule has 6 rings (SSSR count). The number of ketones is 1. The lowest BCUT2D eigenvalue weighted by atomic mass is 9.82. The minimum Gasteiger partial charge on any atom is -0.344 e. The lowest BCUT2D eigenvalue weighted by Gasteiger charge is -2.42. The summed E-state index contributed by atoms with van der Waals surface area (Å²) in [6.07, 6.45) is 0.373. The molecule has 11 heteroatoms. The van der Waals surface area contributed by atoms with Gasteiger partial charge in [-0.2, -0.15) is 13.2 Å². The molecule has 294 valence electrons.